The average molecular weight is 561 g/mol. The van der Waals surface area contributed by atoms with Crippen molar-refractivity contribution >= 4 is 17.6 Å². The summed E-state index contributed by atoms with van der Waals surface area (Å²) in [4.78, 5) is 28.5. The van der Waals surface area contributed by atoms with Crippen LogP contribution in [0, 0.1) is 5.92 Å². The van der Waals surface area contributed by atoms with Gasteiger partial charge in [-0.1, -0.05) is 44.2 Å². The maximum Gasteiger partial charge on any atom is 0.309 e. The number of hydrogen-bond donors (Lipinski definition) is 2. The molecule has 0 bridgehead atoms. The molecule has 5 rings (SSSR count). The molecule has 2 heterocycles. The molecule has 2 aliphatic rings. The second kappa shape index (κ2) is 12.1. The Balaban J connectivity index is 1.52. The maximum atomic E-state index is 13.6. The number of aliphatic carboxylic acids is 1. The number of nitrogens with zero attached hydrogens (tertiary/aromatic N) is 1. The fourth-order valence-electron chi connectivity index (χ4n) is 6.06. The number of carbonyl (C=O) groups excluding carboxylic acids is 1. The van der Waals surface area contributed by atoms with Gasteiger partial charge < -0.3 is 29.4 Å². The summed E-state index contributed by atoms with van der Waals surface area (Å²) in [5.41, 5.74) is 4.53. The lowest BCUT2D eigenvalue weighted by molar-refractivity contribution is -0.143. The molecule has 2 aliphatic heterocycles. The molecule has 1 saturated heterocycles. The van der Waals surface area contributed by atoms with Gasteiger partial charge in [0.05, 0.1) is 26.7 Å². The SMILES string of the molecule is CCc1cccc(CC)c1NC(=O)CN1C[C@H](c2cc(OC)c3c(c2)OCO3)[C@@H](C(=O)O)[C@@H]1c1ccc(OC)cc1. The molecule has 3 aromatic carbocycles. The van der Waals surface area contributed by atoms with E-state index in [2.05, 4.69) is 19.2 Å². The Hall–Kier alpha value is -4.24. The molecule has 0 aromatic heterocycles. The fraction of sp³-hybridized carbons (Fsp3) is 0.375. The number of carboxylic acids is 1. The molecule has 0 aliphatic carbocycles. The quantitative estimate of drug-likeness (QED) is 0.355. The van der Waals surface area contributed by atoms with Crippen LogP contribution in [0.5, 0.6) is 23.0 Å². The van der Waals surface area contributed by atoms with E-state index in [9.17, 15) is 14.7 Å². The molecule has 0 saturated carbocycles. The molecule has 0 radical (unpaired) electrons. The number of rotatable bonds is 10. The number of fused-ring (bicyclic) bond motifs is 1. The molecule has 41 heavy (non-hydrogen) atoms. The number of carboxylic acid groups (broad SMARTS) is 1. The molecule has 9 nitrogen and oxygen atoms in total. The van der Waals surface area contributed by atoms with E-state index < -0.39 is 23.8 Å². The Morgan fingerprint density at radius 1 is 0.976 bits per heavy atom. The van der Waals surface area contributed by atoms with Crippen LogP contribution in [-0.4, -0.2) is 56.0 Å². The van der Waals surface area contributed by atoms with Crippen molar-refractivity contribution in [2.24, 2.45) is 5.92 Å². The van der Waals surface area contributed by atoms with E-state index in [1.807, 2.05) is 59.5 Å². The van der Waals surface area contributed by atoms with E-state index >= 15 is 0 Å². The van der Waals surface area contributed by atoms with Gasteiger partial charge in [0.15, 0.2) is 11.5 Å². The number of para-hydroxylation sites is 1. The van der Waals surface area contributed by atoms with Crippen LogP contribution in [0.1, 0.15) is 48.1 Å². The zero-order chi connectivity index (χ0) is 29.1. The number of likely N-dealkylation sites (tertiary alicyclic amines) is 1. The zero-order valence-corrected chi connectivity index (χ0v) is 23.8. The summed E-state index contributed by atoms with van der Waals surface area (Å²) in [7, 11) is 3.13. The van der Waals surface area contributed by atoms with E-state index in [1.54, 1.807) is 14.2 Å². The highest BCUT2D eigenvalue weighted by molar-refractivity contribution is 5.94. The molecule has 1 amide bonds. The van der Waals surface area contributed by atoms with E-state index in [1.165, 1.54) is 0 Å². The molecule has 9 heteroatoms. The second-order valence-corrected chi connectivity index (χ2v) is 10.3. The van der Waals surface area contributed by atoms with Crippen molar-refractivity contribution < 1.29 is 33.6 Å². The van der Waals surface area contributed by atoms with Crippen LogP contribution in [0.25, 0.3) is 0 Å². The van der Waals surface area contributed by atoms with Crippen LogP contribution in [0.2, 0.25) is 0 Å². The summed E-state index contributed by atoms with van der Waals surface area (Å²) in [6.45, 7) is 4.57. The first kappa shape index (κ1) is 28.3. The lowest BCUT2D eigenvalue weighted by Gasteiger charge is -2.27. The minimum absolute atomic E-state index is 0.0276. The van der Waals surface area contributed by atoms with Gasteiger partial charge in [0.1, 0.15) is 5.75 Å². The first-order valence-corrected chi connectivity index (χ1v) is 13.9. The van der Waals surface area contributed by atoms with Crippen molar-refractivity contribution in [3.63, 3.8) is 0 Å². The molecule has 0 spiro atoms. The van der Waals surface area contributed by atoms with Crippen LogP contribution in [0.3, 0.4) is 0 Å². The van der Waals surface area contributed by atoms with Gasteiger partial charge in [0.25, 0.3) is 0 Å². The number of carbonyl (C=O) groups is 2. The van der Waals surface area contributed by atoms with Gasteiger partial charge in [-0.15, -0.1) is 0 Å². The van der Waals surface area contributed by atoms with Crippen molar-refractivity contribution in [3.8, 4) is 23.0 Å². The predicted molar refractivity (Wildman–Crippen MR) is 154 cm³/mol. The lowest BCUT2D eigenvalue weighted by atomic mass is 9.82. The van der Waals surface area contributed by atoms with Gasteiger partial charge in [0, 0.05) is 24.2 Å². The monoisotopic (exact) mass is 560 g/mol. The standard InChI is InChI=1S/C32H36N2O7/c1-5-19-8-7-9-20(6-2)29(19)33-27(35)17-34-16-24(22-14-25(39-4)31-26(15-22)40-18-41-31)28(32(36)37)30(34)21-10-12-23(38-3)13-11-21/h7-15,24,28,30H,5-6,16-18H2,1-4H3,(H,33,35)(H,36,37)/t24-,28-,30+/m1/s1. The molecule has 0 unspecified atom stereocenters. The van der Waals surface area contributed by atoms with Crippen LogP contribution in [0.4, 0.5) is 5.69 Å². The third-order valence-electron chi connectivity index (χ3n) is 8.06. The summed E-state index contributed by atoms with van der Waals surface area (Å²) in [6.07, 6.45) is 1.58. The number of aryl methyl sites for hydroxylation is 2. The third kappa shape index (κ3) is 5.54. The fourth-order valence-corrected chi connectivity index (χ4v) is 6.06. The van der Waals surface area contributed by atoms with Crippen LogP contribution >= 0.6 is 0 Å². The summed E-state index contributed by atoms with van der Waals surface area (Å²) >= 11 is 0. The molecule has 3 atom stereocenters. The highest BCUT2D eigenvalue weighted by atomic mass is 16.7. The van der Waals surface area contributed by atoms with E-state index in [4.69, 9.17) is 18.9 Å². The first-order chi connectivity index (χ1) is 19.9. The van der Waals surface area contributed by atoms with Crippen molar-refractivity contribution in [2.75, 3.05) is 39.4 Å². The average Bonchev–Trinajstić information content (AvgIpc) is 3.61. The normalized spacial score (nSPS) is 19.7. The van der Waals surface area contributed by atoms with Gasteiger partial charge in [-0.05, 0) is 59.4 Å². The number of ether oxygens (including phenoxy) is 4. The molecule has 216 valence electrons. The Bertz CT molecular complexity index is 1400. The Morgan fingerprint density at radius 3 is 2.29 bits per heavy atom. The number of methoxy groups -OCH3 is 2. The number of anilines is 1. The molecular formula is C32H36N2O7. The first-order valence-electron chi connectivity index (χ1n) is 13.9. The summed E-state index contributed by atoms with van der Waals surface area (Å²) in [6, 6.07) is 16.5. The molecule has 1 fully saturated rings. The summed E-state index contributed by atoms with van der Waals surface area (Å²) < 4.78 is 22.1. The summed E-state index contributed by atoms with van der Waals surface area (Å²) in [5.74, 6) is -0.232. The summed E-state index contributed by atoms with van der Waals surface area (Å²) in [5, 5.41) is 13.7. The van der Waals surface area contributed by atoms with Crippen molar-refractivity contribution in [1.82, 2.24) is 4.90 Å². The Labute approximate surface area is 240 Å². The maximum absolute atomic E-state index is 13.6. The van der Waals surface area contributed by atoms with Crippen LogP contribution in [-0.2, 0) is 22.4 Å². The van der Waals surface area contributed by atoms with Gasteiger partial charge in [-0.2, -0.15) is 0 Å². The number of hydrogen-bond acceptors (Lipinski definition) is 7. The number of benzene rings is 3. The Kier molecular flexibility index (Phi) is 8.35. The number of amides is 1. The lowest BCUT2D eigenvalue weighted by Crippen LogP contribution is -2.35. The van der Waals surface area contributed by atoms with Gasteiger partial charge in [-0.3, -0.25) is 14.5 Å². The second-order valence-electron chi connectivity index (χ2n) is 10.3. The van der Waals surface area contributed by atoms with Gasteiger partial charge in [0.2, 0.25) is 18.4 Å². The minimum Gasteiger partial charge on any atom is -0.497 e. The highest BCUT2D eigenvalue weighted by Gasteiger charge is 2.48. The van der Waals surface area contributed by atoms with Crippen molar-refractivity contribution in [1.29, 1.82) is 0 Å². The minimum atomic E-state index is -0.944. The van der Waals surface area contributed by atoms with E-state index in [0.717, 1.165) is 40.8 Å². The number of nitrogens with one attached hydrogen (secondary N) is 1. The van der Waals surface area contributed by atoms with Crippen LogP contribution < -0.4 is 24.3 Å². The van der Waals surface area contributed by atoms with Crippen molar-refractivity contribution in [3.05, 3.63) is 76.9 Å². The molecule has 2 N–H and O–H groups in total. The Morgan fingerprint density at radius 2 is 1.68 bits per heavy atom. The predicted octanol–water partition coefficient (Wildman–Crippen LogP) is 5.04. The molecular weight excluding hydrogens is 524 g/mol. The van der Waals surface area contributed by atoms with Crippen molar-refractivity contribution in [2.45, 2.75) is 38.6 Å². The van der Waals surface area contributed by atoms with Crippen LogP contribution in [0.15, 0.2) is 54.6 Å². The largest absolute Gasteiger partial charge is 0.497 e. The van der Waals surface area contributed by atoms with Gasteiger partial charge >= 0.3 is 5.97 Å². The van der Waals surface area contributed by atoms with E-state index in [0.29, 0.717) is 29.5 Å². The topological polar surface area (TPSA) is 107 Å². The zero-order valence-electron chi connectivity index (χ0n) is 23.8. The smallest absolute Gasteiger partial charge is 0.309 e. The highest BCUT2D eigenvalue weighted by Crippen LogP contribution is 2.50. The van der Waals surface area contributed by atoms with Gasteiger partial charge in [-0.25, -0.2) is 0 Å². The molecule has 3 aromatic rings. The van der Waals surface area contributed by atoms with E-state index in [-0.39, 0.29) is 19.2 Å². The third-order valence-corrected chi connectivity index (χ3v) is 8.06.